The summed E-state index contributed by atoms with van der Waals surface area (Å²) in [5.74, 6) is -3.34. The first-order valence-corrected chi connectivity index (χ1v) is 11.2. The number of alkyl halides is 1. The van der Waals surface area contributed by atoms with Crippen molar-refractivity contribution in [1.82, 2.24) is 0 Å². The lowest BCUT2D eigenvalue weighted by Gasteiger charge is -2.43. The maximum Gasteiger partial charge on any atom is 0.309 e. The second-order valence-corrected chi connectivity index (χ2v) is 9.59. The van der Waals surface area contributed by atoms with Gasteiger partial charge in [0.25, 0.3) is 6.29 Å². The van der Waals surface area contributed by atoms with Gasteiger partial charge in [-0.1, -0.05) is 27.7 Å². The monoisotopic (exact) mass is 476 g/mol. The first kappa shape index (κ1) is 26.4. The van der Waals surface area contributed by atoms with Gasteiger partial charge >= 0.3 is 17.9 Å². The van der Waals surface area contributed by atoms with Crippen LogP contribution in [0.5, 0.6) is 0 Å². The van der Waals surface area contributed by atoms with Gasteiger partial charge in [-0.15, -0.1) is 11.6 Å². The third-order valence-corrected chi connectivity index (χ3v) is 6.02. The molecule has 0 aromatic carbocycles. The van der Waals surface area contributed by atoms with Crippen molar-refractivity contribution in [3.05, 3.63) is 11.8 Å². The molecule has 5 unspecified atom stereocenters. The molecule has 1 aliphatic carbocycles. The summed E-state index contributed by atoms with van der Waals surface area (Å²) in [6, 6.07) is 0. The Morgan fingerprint density at radius 3 is 2.25 bits per heavy atom. The number of hydrogen-bond donors (Lipinski definition) is 2. The highest BCUT2D eigenvalue weighted by Crippen LogP contribution is 2.53. The molecule has 9 nitrogen and oxygen atoms in total. The van der Waals surface area contributed by atoms with Gasteiger partial charge < -0.3 is 29.2 Å². The Morgan fingerprint density at radius 2 is 1.72 bits per heavy atom. The molecule has 2 aliphatic rings. The number of carbonyl (C=O) groups excluding carboxylic acids is 3. The van der Waals surface area contributed by atoms with E-state index in [1.54, 1.807) is 0 Å². The van der Waals surface area contributed by atoms with Crippen molar-refractivity contribution < 1.29 is 43.5 Å². The van der Waals surface area contributed by atoms with Crippen molar-refractivity contribution >= 4 is 29.5 Å². The SMILES string of the molecule is CC(=O)OC1CC2(O)C(COC(=O)CC(C)C)=COC(OC(=O)CC(C)C)C2C1(O)CCl. The predicted molar refractivity (Wildman–Crippen MR) is 113 cm³/mol. The average Bonchev–Trinajstić information content (AvgIpc) is 2.87. The molecule has 1 aliphatic heterocycles. The van der Waals surface area contributed by atoms with Gasteiger partial charge in [0.2, 0.25) is 0 Å². The summed E-state index contributed by atoms with van der Waals surface area (Å²) in [4.78, 5) is 36.0. The fraction of sp³-hybridized carbons (Fsp3) is 0.773. The quantitative estimate of drug-likeness (QED) is 0.292. The molecule has 1 heterocycles. The lowest BCUT2D eigenvalue weighted by molar-refractivity contribution is -0.228. The molecule has 0 bridgehead atoms. The molecule has 2 N–H and O–H groups in total. The van der Waals surface area contributed by atoms with Gasteiger partial charge in [0.1, 0.15) is 23.9 Å². The van der Waals surface area contributed by atoms with Crippen LogP contribution in [0.25, 0.3) is 0 Å². The topological polar surface area (TPSA) is 129 Å². The molecular weight excluding hydrogens is 444 g/mol. The standard InChI is InChI=1S/C22H33ClO9/c1-12(2)6-17(25)29-9-15-10-30-20(32-18(26)7-13(3)4)19-21(15,27)8-16(31-14(5)24)22(19,28)11-23/h10,12-13,16,19-20,27-28H,6-9,11H2,1-5H3. The molecule has 5 atom stereocenters. The molecule has 32 heavy (non-hydrogen) atoms. The summed E-state index contributed by atoms with van der Waals surface area (Å²) in [5, 5.41) is 23.0. The Hall–Kier alpha value is -1.84. The third kappa shape index (κ3) is 5.74. The molecule has 1 fully saturated rings. The van der Waals surface area contributed by atoms with E-state index in [1.165, 1.54) is 6.92 Å². The van der Waals surface area contributed by atoms with E-state index < -0.39 is 53.3 Å². The maximum absolute atomic E-state index is 12.3. The minimum absolute atomic E-state index is 0.0146. The Labute approximate surface area is 193 Å². The lowest BCUT2D eigenvalue weighted by Crippen LogP contribution is -2.58. The lowest BCUT2D eigenvalue weighted by atomic mass is 9.77. The van der Waals surface area contributed by atoms with Crippen LogP contribution in [0.3, 0.4) is 0 Å². The second-order valence-electron chi connectivity index (χ2n) is 9.32. The Morgan fingerprint density at radius 1 is 1.12 bits per heavy atom. The van der Waals surface area contributed by atoms with E-state index in [0.717, 1.165) is 6.26 Å². The van der Waals surface area contributed by atoms with Crippen molar-refractivity contribution in [2.45, 2.75) is 77.5 Å². The highest BCUT2D eigenvalue weighted by Gasteiger charge is 2.69. The van der Waals surface area contributed by atoms with Crippen LogP contribution in [-0.2, 0) is 33.3 Å². The van der Waals surface area contributed by atoms with Crippen molar-refractivity contribution in [2.75, 3.05) is 12.5 Å². The maximum atomic E-state index is 12.3. The van der Waals surface area contributed by atoms with Crippen LogP contribution >= 0.6 is 11.6 Å². The predicted octanol–water partition coefficient (Wildman–Crippen LogP) is 2.06. The van der Waals surface area contributed by atoms with Crippen LogP contribution < -0.4 is 0 Å². The van der Waals surface area contributed by atoms with Crippen molar-refractivity contribution in [1.29, 1.82) is 0 Å². The summed E-state index contributed by atoms with van der Waals surface area (Å²) in [6.45, 7) is 8.27. The van der Waals surface area contributed by atoms with Crippen LogP contribution in [0.4, 0.5) is 0 Å². The van der Waals surface area contributed by atoms with Crippen LogP contribution in [0.15, 0.2) is 11.8 Å². The largest absolute Gasteiger partial charge is 0.462 e. The van der Waals surface area contributed by atoms with Crippen LogP contribution in [-0.4, -0.2) is 64.2 Å². The number of carbonyl (C=O) groups is 3. The molecule has 0 spiro atoms. The molecule has 1 saturated carbocycles. The summed E-state index contributed by atoms with van der Waals surface area (Å²) in [6.07, 6.45) is -1.37. The van der Waals surface area contributed by atoms with Crippen molar-refractivity contribution in [3.8, 4) is 0 Å². The minimum atomic E-state index is -1.97. The van der Waals surface area contributed by atoms with Gasteiger partial charge in [0.05, 0.1) is 18.1 Å². The normalized spacial score (nSPS) is 31.6. The molecule has 0 saturated heterocycles. The molecule has 2 rings (SSSR count). The fourth-order valence-corrected chi connectivity index (χ4v) is 4.49. The third-order valence-electron chi connectivity index (χ3n) is 5.59. The number of halogens is 1. The van der Waals surface area contributed by atoms with E-state index in [1.807, 2.05) is 27.7 Å². The van der Waals surface area contributed by atoms with Gasteiger partial charge in [-0.05, 0) is 11.8 Å². The number of esters is 3. The van der Waals surface area contributed by atoms with E-state index >= 15 is 0 Å². The molecule has 182 valence electrons. The van der Waals surface area contributed by atoms with Gasteiger partial charge in [0.15, 0.2) is 0 Å². The molecule has 0 radical (unpaired) electrons. The summed E-state index contributed by atoms with van der Waals surface area (Å²) in [7, 11) is 0. The molecule has 0 aromatic heterocycles. The second kappa shape index (κ2) is 10.4. The van der Waals surface area contributed by atoms with Gasteiger partial charge in [-0.2, -0.15) is 0 Å². The molecular formula is C22H33ClO9. The van der Waals surface area contributed by atoms with E-state index in [-0.39, 0.29) is 43.3 Å². The number of fused-ring (bicyclic) bond motifs is 1. The summed E-state index contributed by atoms with van der Waals surface area (Å²) >= 11 is 6.07. The first-order valence-electron chi connectivity index (χ1n) is 10.7. The van der Waals surface area contributed by atoms with Crippen LogP contribution in [0.1, 0.15) is 53.9 Å². The fourth-order valence-electron chi connectivity index (χ4n) is 4.15. The minimum Gasteiger partial charge on any atom is -0.462 e. The number of hydrogen-bond acceptors (Lipinski definition) is 9. The van der Waals surface area contributed by atoms with E-state index in [9.17, 15) is 24.6 Å². The zero-order chi connectivity index (χ0) is 24.3. The van der Waals surface area contributed by atoms with Gasteiger partial charge in [-0.3, -0.25) is 14.4 Å². The van der Waals surface area contributed by atoms with E-state index in [4.69, 9.17) is 30.5 Å². The van der Waals surface area contributed by atoms with Crippen molar-refractivity contribution in [3.63, 3.8) is 0 Å². The van der Waals surface area contributed by atoms with Gasteiger partial charge in [-0.25, -0.2) is 0 Å². The molecule has 10 heteroatoms. The number of rotatable bonds is 9. The summed E-state index contributed by atoms with van der Waals surface area (Å²) in [5.41, 5.74) is -3.68. The Balaban J connectivity index is 2.37. The Bertz CT molecular complexity index is 750. The smallest absolute Gasteiger partial charge is 0.309 e. The molecule has 0 aromatic rings. The van der Waals surface area contributed by atoms with Crippen molar-refractivity contribution in [2.24, 2.45) is 17.8 Å². The number of ether oxygens (including phenoxy) is 4. The first-order chi connectivity index (χ1) is 14.8. The molecule has 0 amide bonds. The van der Waals surface area contributed by atoms with Crippen LogP contribution in [0.2, 0.25) is 0 Å². The highest BCUT2D eigenvalue weighted by atomic mass is 35.5. The Kier molecular flexibility index (Phi) is 8.58. The summed E-state index contributed by atoms with van der Waals surface area (Å²) < 4.78 is 21.5. The van der Waals surface area contributed by atoms with E-state index in [0.29, 0.717) is 0 Å². The highest BCUT2D eigenvalue weighted by molar-refractivity contribution is 6.18. The van der Waals surface area contributed by atoms with E-state index in [2.05, 4.69) is 0 Å². The number of aliphatic hydroxyl groups is 2. The zero-order valence-electron chi connectivity index (χ0n) is 19.1. The zero-order valence-corrected chi connectivity index (χ0v) is 19.9. The van der Waals surface area contributed by atoms with Gasteiger partial charge in [0, 0.05) is 31.8 Å². The average molecular weight is 477 g/mol. The van der Waals surface area contributed by atoms with Crippen LogP contribution in [0, 0.1) is 17.8 Å².